The van der Waals surface area contributed by atoms with E-state index >= 15 is 0 Å². The van der Waals surface area contributed by atoms with Crippen LogP contribution in [0.3, 0.4) is 0 Å². The van der Waals surface area contributed by atoms with Gasteiger partial charge < -0.3 is 14.4 Å². The van der Waals surface area contributed by atoms with Crippen LogP contribution in [-0.2, 0) is 6.54 Å². The van der Waals surface area contributed by atoms with Gasteiger partial charge in [-0.2, -0.15) is 0 Å². The van der Waals surface area contributed by atoms with Gasteiger partial charge in [0.25, 0.3) is 0 Å². The fourth-order valence-electron chi connectivity index (χ4n) is 4.37. The number of anilines is 1. The van der Waals surface area contributed by atoms with Crippen molar-refractivity contribution in [2.24, 2.45) is 0 Å². The van der Waals surface area contributed by atoms with E-state index in [-0.39, 0.29) is 0 Å². The van der Waals surface area contributed by atoms with Crippen LogP contribution in [0.2, 0.25) is 0 Å². The van der Waals surface area contributed by atoms with Gasteiger partial charge in [-0.25, -0.2) is 4.98 Å². The molecule has 0 aliphatic rings. The average molecular weight is 401 g/mol. The molecule has 0 atom stereocenters. The Morgan fingerprint density at radius 2 is 1.57 bits per heavy atom. The predicted octanol–water partition coefficient (Wildman–Crippen LogP) is 5.41. The van der Waals surface area contributed by atoms with Crippen molar-refractivity contribution >= 4 is 27.6 Å². The van der Waals surface area contributed by atoms with E-state index in [1.54, 1.807) is 0 Å². The summed E-state index contributed by atoms with van der Waals surface area (Å²) in [5.41, 5.74) is 3.80. The highest BCUT2D eigenvalue weighted by Gasteiger charge is 2.17. The van der Waals surface area contributed by atoms with Gasteiger partial charge >= 0.3 is 0 Å². The van der Waals surface area contributed by atoms with Crippen LogP contribution in [0.5, 0.6) is 0 Å². The molecule has 4 nitrogen and oxygen atoms in total. The van der Waals surface area contributed by atoms with Crippen LogP contribution in [0.4, 0.5) is 5.82 Å². The minimum Gasteiger partial charge on any atom is -0.358 e. The molecule has 0 saturated carbocycles. The number of rotatable bonds is 9. The lowest BCUT2D eigenvalue weighted by molar-refractivity contribution is 0.301. The summed E-state index contributed by atoms with van der Waals surface area (Å²) in [7, 11) is 2.18. The smallest absolute Gasteiger partial charge is 0.152 e. The van der Waals surface area contributed by atoms with Crippen LogP contribution in [0.15, 0.2) is 66.9 Å². The second kappa shape index (κ2) is 9.31. The van der Waals surface area contributed by atoms with Gasteiger partial charge in [0.1, 0.15) is 0 Å². The molecule has 0 saturated heterocycles. The topological polar surface area (TPSA) is 24.3 Å². The lowest BCUT2D eigenvalue weighted by Crippen LogP contribution is -2.28. The van der Waals surface area contributed by atoms with Gasteiger partial charge in [0.15, 0.2) is 5.82 Å². The monoisotopic (exact) mass is 400 g/mol. The maximum Gasteiger partial charge on any atom is 0.152 e. The van der Waals surface area contributed by atoms with Crippen LogP contribution in [0, 0.1) is 0 Å². The molecule has 0 unspecified atom stereocenters. The molecule has 2 aromatic heterocycles. The standard InChI is InChI=1S/C26H32N4/c1-4-29(5-2)19-11-18-28(3)26-25-23(16-17-27-26)22-14-9-10-15-24(22)30(25)20-21-12-7-6-8-13-21/h6-10,12-17H,4-5,11,18-20H2,1-3H3. The van der Waals surface area contributed by atoms with E-state index in [4.69, 9.17) is 4.98 Å². The number of aromatic nitrogens is 2. The third kappa shape index (κ3) is 4.05. The minimum absolute atomic E-state index is 0.844. The number of benzene rings is 2. The maximum absolute atomic E-state index is 4.83. The van der Waals surface area contributed by atoms with E-state index in [1.807, 2.05) is 6.20 Å². The first-order valence-electron chi connectivity index (χ1n) is 11.1. The number of hydrogen-bond acceptors (Lipinski definition) is 3. The molecule has 0 radical (unpaired) electrons. The molecule has 0 spiro atoms. The summed E-state index contributed by atoms with van der Waals surface area (Å²) in [6.45, 7) is 9.65. The van der Waals surface area contributed by atoms with Gasteiger partial charge in [0, 0.05) is 42.6 Å². The van der Waals surface area contributed by atoms with Crippen LogP contribution in [-0.4, -0.2) is 47.7 Å². The SMILES string of the molecule is CCN(CC)CCCN(C)c1nccc2c3ccccc3n(Cc3ccccc3)c12. The van der Waals surface area contributed by atoms with E-state index in [0.29, 0.717) is 0 Å². The molecule has 156 valence electrons. The van der Waals surface area contributed by atoms with Gasteiger partial charge in [-0.1, -0.05) is 62.4 Å². The van der Waals surface area contributed by atoms with Crippen LogP contribution >= 0.6 is 0 Å². The van der Waals surface area contributed by atoms with Crippen molar-refractivity contribution in [1.82, 2.24) is 14.5 Å². The quantitative estimate of drug-likeness (QED) is 0.376. The molecule has 0 amide bonds. The molecule has 4 aromatic rings. The molecular formula is C26H32N4. The Morgan fingerprint density at radius 3 is 2.33 bits per heavy atom. The van der Waals surface area contributed by atoms with Crippen molar-refractivity contribution in [3.05, 3.63) is 72.4 Å². The van der Waals surface area contributed by atoms with Crippen molar-refractivity contribution < 1.29 is 0 Å². The third-order valence-corrected chi connectivity index (χ3v) is 6.07. The fraction of sp³-hybridized carbons (Fsp3) is 0.346. The predicted molar refractivity (Wildman–Crippen MR) is 128 cm³/mol. The zero-order valence-corrected chi connectivity index (χ0v) is 18.4. The third-order valence-electron chi connectivity index (χ3n) is 6.07. The largest absolute Gasteiger partial charge is 0.358 e. The summed E-state index contributed by atoms with van der Waals surface area (Å²) in [5.74, 6) is 1.07. The van der Waals surface area contributed by atoms with Crippen molar-refractivity contribution in [3.8, 4) is 0 Å². The second-order valence-electron chi connectivity index (χ2n) is 7.92. The van der Waals surface area contributed by atoms with Crippen LogP contribution in [0.1, 0.15) is 25.8 Å². The van der Waals surface area contributed by atoms with E-state index in [9.17, 15) is 0 Å². The Bertz CT molecular complexity index is 1100. The Hall–Kier alpha value is -2.85. The Morgan fingerprint density at radius 1 is 0.833 bits per heavy atom. The lowest BCUT2D eigenvalue weighted by atomic mass is 10.2. The van der Waals surface area contributed by atoms with E-state index in [2.05, 4.69) is 95.9 Å². The first kappa shape index (κ1) is 20.4. The van der Waals surface area contributed by atoms with Crippen LogP contribution < -0.4 is 4.90 Å². The molecule has 0 aliphatic carbocycles. The number of fused-ring (bicyclic) bond motifs is 3. The highest BCUT2D eigenvalue weighted by Crippen LogP contribution is 2.34. The highest BCUT2D eigenvalue weighted by molar-refractivity contribution is 6.11. The lowest BCUT2D eigenvalue weighted by Gasteiger charge is -2.23. The molecule has 0 aliphatic heterocycles. The van der Waals surface area contributed by atoms with Crippen molar-refractivity contribution in [3.63, 3.8) is 0 Å². The molecule has 0 bridgehead atoms. The van der Waals surface area contributed by atoms with Crippen molar-refractivity contribution in [1.29, 1.82) is 0 Å². The molecule has 4 rings (SSSR count). The van der Waals surface area contributed by atoms with Gasteiger partial charge in [-0.15, -0.1) is 0 Å². The van der Waals surface area contributed by atoms with Crippen molar-refractivity contribution in [2.45, 2.75) is 26.8 Å². The summed E-state index contributed by atoms with van der Waals surface area (Å²) in [4.78, 5) is 9.64. The number of pyridine rings is 1. The van der Waals surface area contributed by atoms with Gasteiger partial charge in [0.2, 0.25) is 0 Å². The Kier molecular flexibility index (Phi) is 6.34. The normalized spacial score (nSPS) is 11.6. The first-order chi connectivity index (χ1) is 14.7. The second-order valence-corrected chi connectivity index (χ2v) is 7.92. The van der Waals surface area contributed by atoms with Gasteiger partial charge in [0.05, 0.1) is 5.52 Å². The molecular weight excluding hydrogens is 368 g/mol. The zero-order valence-electron chi connectivity index (χ0n) is 18.4. The average Bonchev–Trinajstić information content (AvgIpc) is 3.11. The first-order valence-corrected chi connectivity index (χ1v) is 11.1. The van der Waals surface area contributed by atoms with E-state index < -0.39 is 0 Å². The minimum atomic E-state index is 0.844. The zero-order chi connectivity index (χ0) is 20.9. The Labute approximate surface area is 179 Å². The number of hydrogen-bond donors (Lipinski definition) is 0. The molecule has 2 heterocycles. The van der Waals surface area contributed by atoms with Crippen molar-refractivity contribution in [2.75, 3.05) is 38.1 Å². The summed E-state index contributed by atoms with van der Waals surface area (Å²) in [6, 6.07) is 21.6. The summed E-state index contributed by atoms with van der Waals surface area (Å²) in [6.07, 6.45) is 3.09. The van der Waals surface area contributed by atoms with E-state index in [0.717, 1.165) is 45.0 Å². The van der Waals surface area contributed by atoms with Gasteiger partial charge in [-0.05, 0) is 43.8 Å². The Balaban J connectivity index is 1.73. The molecule has 30 heavy (non-hydrogen) atoms. The highest BCUT2D eigenvalue weighted by atomic mass is 15.2. The van der Waals surface area contributed by atoms with Gasteiger partial charge in [-0.3, -0.25) is 0 Å². The summed E-state index contributed by atoms with van der Waals surface area (Å²) >= 11 is 0. The summed E-state index contributed by atoms with van der Waals surface area (Å²) < 4.78 is 2.43. The molecule has 2 aromatic carbocycles. The number of nitrogens with zero attached hydrogens (tertiary/aromatic N) is 4. The van der Waals surface area contributed by atoms with E-state index in [1.165, 1.54) is 27.4 Å². The maximum atomic E-state index is 4.83. The van der Waals surface area contributed by atoms with Crippen LogP contribution in [0.25, 0.3) is 21.8 Å². The molecule has 0 fully saturated rings. The molecule has 4 heteroatoms. The summed E-state index contributed by atoms with van der Waals surface area (Å²) in [5, 5.41) is 2.57. The number of para-hydroxylation sites is 1. The fourth-order valence-corrected chi connectivity index (χ4v) is 4.37. The molecule has 0 N–H and O–H groups in total.